The van der Waals surface area contributed by atoms with Crippen molar-refractivity contribution in [1.82, 2.24) is 0 Å². The molecule has 0 atom stereocenters. The Bertz CT molecular complexity index is 589. The third-order valence-corrected chi connectivity index (χ3v) is 3.76. The Morgan fingerprint density at radius 3 is 1.87 bits per heavy atom. The van der Waals surface area contributed by atoms with Crippen molar-refractivity contribution in [3.05, 3.63) is 23.8 Å². The fourth-order valence-corrected chi connectivity index (χ4v) is 2.48. The van der Waals surface area contributed by atoms with E-state index in [1.165, 1.54) is 6.92 Å². The van der Waals surface area contributed by atoms with Crippen LogP contribution in [0.4, 0.5) is 0 Å². The highest BCUT2D eigenvalue weighted by atomic mass is 32.2. The predicted molar refractivity (Wildman–Crippen MR) is 53.9 cm³/mol. The molecule has 8 heteroatoms. The first-order chi connectivity index (χ1) is 6.62. The molecule has 1 aromatic carbocycles. The van der Waals surface area contributed by atoms with Gasteiger partial charge in [-0.25, -0.2) is 27.1 Å². The van der Waals surface area contributed by atoms with E-state index in [1.807, 2.05) is 0 Å². The summed E-state index contributed by atoms with van der Waals surface area (Å²) in [6.45, 7) is 1.44. The van der Waals surface area contributed by atoms with Crippen LogP contribution in [0, 0.1) is 6.92 Å². The molecule has 0 aromatic heterocycles. The van der Waals surface area contributed by atoms with Crippen LogP contribution in [-0.2, 0) is 20.0 Å². The lowest BCUT2D eigenvalue weighted by molar-refractivity contribution is 0.593. The van der Waals surface area contributed by atoms with Crippen molar-refractivity contribution < 1.29 is 16.8 Å². The van der Waals surface area contributed by atoms with Gasteiger partial charge in [0.15, 0.2) is 0 Å². The van der Waals surface area contributed by atoms with E-state index in [9.17, 15) is 16.8 Å². The third kappa shape index (κ3) is 2.75. The fraction of sp³-hybridized carbons (Fsp3) is 0.143. The van der Waals surface area contributed by atoms with Crippen LogP contribution in [0.5, 0.6) is 0 Å². The lowest BCUT2D eigenvalue weighted by atomic mass is 10.2. The maximum absolute atomic E-state index is 11.0. The number of aryl methyl sites for hydroxylation is 1. The Hall–Kier alpha value is -0.960. The predicted octanol–water partition coefficient (Wildman–Crippen LogP) is -0.710. The zero-order valence-electron chi connectivity index (χ0n) is 7.84. The zero-order chi connectivity index (χ0) is 11.9. The van der Waals surface area contributed by atoms with Gasteiger partial charge in [-0.3, -0.25) is 0 Å². The van der Waals surface area contributed by atoms with Crippen LogP contribution in [0.3, 0.4) is 0 Å². The van der Waals surface area contributed by atoms with Gasteiger partial charge in [-0.1, -0.05) is 0 Å². The fourth-order valence-electron chi connectivity index (χ4n) is 1.12. The molecule has 0 unspecified atom stereocenters. The molecule has 6 nitrogen and oxygen atoms in total. The average Bonchev–Trinajstić information content (AvgIpc) is 1.99. The second-order valence-corrected chi connectivity index (χ2v) is 6.11. The molecule has 0 bridgehead atoms. The SMILES string of the molecule is Cc1cc(S(N)(=O)=O)ccc1S(N)(=O)=O. The van der Waals surface area contributed by atoms with Gasteiger partial charge < -0.3 is 0 Å². The molecule has 0 radical (unpaired) electrons. The quantitative estimate of drug-likeness (QED) is 0.720. The van der Waals surface area contributed by atoms with Crippen molar-refractivity contribution in [2.75, 3.05) is 0 Å². The second-order valence-electron chi connectivity index (χ2n) is 3.02. The monoisotopic (exact) mass is 250 g/mol. The number of hydrogen-bond acceptors (Lipinski definition) is 4. The molecule has 0 saturated heterocycles. The Labute approximate surface area is 88.0 Å². The van der Waals surface area contributed by atoms with E-state index < -0.39 is 20.0 Å². The minimum atomic E-state index is -3.83. The molecule has 0 aliphatic carbocycles. The van der Waals surface area contributed by atoms with Crippen LogP contribution in [0.25, 0.3) is 0 Å². The highest BCUT2D eigenvalue weighted by Crippen LogP contribution is 2.17. The maximum atomic E-state index is 11.0. The molecule has 0 aliphatic heterocycles. The van der Waals surface area contributed by atoms with E-state index in [4.69, 9.17) is 10.3 Å². The smallest absolute Gasteiger partial charge is 0.225 e. The van der Waals surface area contributed by atoms with Gasteiger partial charge in [-0.05, 0) is 30.7 Å². The maximum Gasteiger partial charge on any atom is 0.238 e. The highest BCUT2D eigenvalue weighted by Gasteiger charge is 2.15. The summed E-state index contributed by atoms with van der Waals surface area (Å²) in [6.07, 6.45) is 0. The summed E-state index contributed by atoms with van der Waals surface area (Å²) in [7, 11) is -7.65. The van der Waals surface area contributed by atoms with Crippen LogP contribution in [0.1, 0.15) is 5.56 Å². The number of rotatable bonds is 2. The first kappa shape index (κ1) is 12.1. The number of primary sulfonamides is 2. The standard InChI is InChI=1S/C7H10N2O4S2/c1-5-4-6(14(8,10)11)2-3-7(5)15(9,12)13/h2-4H,1H3,(H2,8,10,11)(H2,9,12,13). The number of nitrogens with two attached hydrogens (primary N) is 2. The molecule has 0 fully saturated rings. The molecule has 84 valence electrons. The van der Waals surface area contributed by atoms with Crippen molar-refractivity contribution in [2.24, 2.45) is 10.3 Å². The van der Waals surface area contributed by atoms with Crippen LogP contribution in [0.15, 0.2) is 28.0 Å². The van der Waals surface area contributed by atoms with Gasteiger partial charge in [-0.2, -0.15) is 0 Å². The van der Waals surface area contributed by atoms with Crippen molar-refractivity contribution in [3.63, 3.8) is 0 Å². The van der Waals surface area contributed by atoms with Gasteiger partial charge in [0, 0.05) is 0 Å². The molecule has 0 heterocycles. The first-order valence-corrected chi connectivity index (χ1v) is 6.88. The Morgan fingerprint density at radius 1 is 1.00 bits per heavy atom. The van der Waals surface area contributed by atoms with E-state index in [-0.39, 0.29) is 15.4 Å². The van der Waals surface area contributed by atoms with Gasteiger partial charge in [0.25, 0.3) is 0 Å². The Kier molecular flexibility index (Phi) is 2.88. The van der Waals surface area contributed by atoms with Crippen molar-refractivity contribution in [2.45, 2.75) is 16.7 Å². The Morgan fingerprint density at radius 2 is 1.53 bits per heavy atom. The van der Waals surface area contributed by atoms with Crippen LogP contribution in [-0.4, -0.2) is 16.8 Å². The summed E-state index contributed by atoms with van der Waals surface area (Å²) >= 11 is 0. The molecule has 0 aliphatic rings. The highest BCUT2D eigenvalue weighted by molar-refractivity contribution is 7.89. The molecule has 15 heavy (non-hydrogen) atoms. The van der Waals surface area contributed by atoms with Gasteiger partial charge in [-0.15, -0.1) is 0 Å². The van der Waals surface area contributed by atoms with Crippen LogP contribution in [0.2, 0.25) is 0 Å². The molecular formula is C7H10N2O4S2. The summed E-state index contributed by atoms with van der Waals surface area (Å²) in [5.74, 6) is 0. The summed E-state index contributed by atoms with van der Waals surface area (Å²) in [4.78, 5) is -0.262. The number of hydrogen-bond donors (Lipinski definition) is 2. The topological polar surface area (TPSA) is 120 Å². The number of benzene rings is 1. The lowest BCUT2D eigenvalue weighted by Gasteiger charge is -2.04. The third-order valence-electron chi connectivity index (χ3n) is 1.78. The molecule has 0 amide bonds. The van der Waals surface area contributed by atoms with Gasteiger partial charge in [0.1, 0.15) is 0 Å². The second kappa shape index (κ2) is 3.56. The normalized spacial score (nSPS) is 12.7. The Balaban J connectivity index is 3.47. The summed E-state index contributed by atoms with van der Waals surface area (Å²) in [6, 6.07) is 3.38. The molecular weight excluding hydrogens is 240 g/mol. The van der Waals surface area contributed by atoms with E-state index in [2.05, 4.69) is 0 Å². The zero-order valence-corrected chi connectivity index (χ0v) is 9.47. The van der Waals surface area contributed by atoms with Crippen molar-refractivity contribution >= 4 is 20.0 Å². The van der Waals surface area contributed by atoms with E-state index in [1.54, 1.807) is 0 Å². The van der Waals surface area contributed by atoms with Gasteiger partial charge in [0.2, 0.25) is 20.0 Å². The first-order valence-electron chi connectivity index (χ1n) is 3.78. The van der Waals surface area contributed by atoms with E-state index in [0.29, 0.717) is 0 Å². The summed E-state index contributed by atoms with van der Waals surface area (Å²) < 4.78 is 43.9. The van der Waals surface area contributed by atoms with Gasteiger partial charge >= 0.3 is 0 Å². The lowest BCUT2D eigenvalue weighted by Crippen LogP contribution is -2.16. The largest absolute Gasteiger partial charge is 0.238 e. The molecule has 0 saturated carbocycles. The summed E-state index contributed by atoms with van der Waals surface area (Å²) in [5, 5.41) is 9.78. The van der Waals surface area contributed by atoms with Crippen molar-refractivity contribution in [1.29, 1.82) is 0 Å². The number of sulfonamides is 2. The van der Waals surface area contributed by atoms with E-state index >= 15 is 0 Å². The molecule has 1 aromatic rings. The molecule has 4 N–H and O–H groups in total. The minimum Gasteiger partial charge on any atom is -0.225 e. The van der Waals surface area contributed by atoms with Crippen LogP contribution >= 0.6 is 0 Å². The van der Waals surface area contributed by atoms with E-state index in [0.717, 1.165) is 18.2 Å². The van der Waals surface area contributed by atoms with Crippen LogP contribution < -0.4 is 10.3 Å². The van der Waals surface area contributed by atoms with Crippen molar-refractivity contribution in [3.8, 4) is 0 Å². The summed E-state index contributed by atoms with van der Waals surface area (Å²) in [5.41, 5.74) is 0.240. The average molecular weight is 250 g/mol. The molecule has 0 spiro atoms. The van der Waals surface area contributed by atoms with Gasteiger partial charge in [0.05, 0.1) is 9.79 Å². The molecule has 1 rings (SSSR count). The minimum absolute atomic E-state index is 0.116.